The van der Waals surface area contributed by atoms with E-state index in [1.807, 2.05) is 6.92 Å². The third kappa shape index (κ3) is 2.49. The standard InChI is InChI=1S/C17H30O3/c1-11(2)17(6,16(3,4)5)15(18)20-14-10-19-13-9-7-8-12(13)14/h11-14H,7-10H2,1-6H3. The molecule has 2 fully saturated rings. The van der Waals surface area contributed by atoms with Gasteiger partial charge in [0, 0.05) is 5.92 Å². The zero-order valence-electron chi connectivity index (χ0n) is 13.9. The minimum Gasteiger partial charge on any atom is -0.459 e. The van der Waals surface area contributed by atoms with Gasteiger partial charge in [-0.05, 0) is 31.1 Å². The summed E-state index contributed by atoms with van der Waals surface area (Å²) >= 11 is 0. The fourth-order valence-corrected chi connectivity index (χ4v) is 3.72. The number of hydrogen-bond donors (Lipinski definition) is 0. The second kappa shape index (κ2) is 5.32. The Balaban J connectivity index is 2.10. The van der Waals surface area contributed by atoms with Crippen LogP contribution in [0.1, 0.15) is 60.8 Å². The van der Waals surface area contributed by atoms with Gasteiger partial charge in [-0.1, -0.05) is 41.0 Å². The van der Waals surface area contributed by atoms with Gasteiger partial charge in [0.25, 0.3) is 0 Å². The number of carbonyl (C=O) groups is 1. The van der Waals surface area contributed by atoms with Crippen LogP contribution >= 0.6 is 0 Å². The molecule has 116 valence electrons. The molecular weight excluding hydrogens is 252 g/mol. The maximum Gasteiger partial charge on any atom is 0.312 e. The van der Waals surface area contributed by atoms with E-state index in [0.29, 0.717) is 18.6 Å². The Labute approximate surface area is 123 Å². The first-order chi connectivity index (χ1) is 9.18. The lowest BCUT2D eigenvalue weighted by molar-refractivity contribution is -0.173. The van der Waals surface area contributed by atoms with Crippen molar-refractivity contribution in [2.24, 2.45) is 22.7 Å². The van der Waals surface area contributed by atoms with Crippen molar-refractivity contribution in [2.45, 2.75) is 73.0 Å². The van der Waals surface area contributed by atoms with Crippen LogP contribution in [0.4, 0.5) is 0 Å². The molecule has 1 saturated heterocycles. The van der Waals surface area contributed by atoms with E-state index in [1.165, 1.54) is 6.42 Å². The smallest absolute Gasteiger partial charge is 0.312 e. The van der Waals surface area contributed by atoms with Crippen molar-refractivity contribution in [3.05, 3.63) is 0 Å². The van der Waals surface area contributed by atoms with E-state index >= 15 is 0 Å². The summed E-state index contributed by atoms with van der Waals surface area (Å²) in [5.74, 6) is 0.619. The van der Waals surface area contributed by atoms with Gasteiger partial charge in [-0.25, -0.2) is 0 Å². The van der Waals surface area contributed by atoms with Crippen LogP contribution in [0.2, 0.25) is 0 Å². The van der Waals surface area contributed by atoms with Crippen molar-refractivity contribution in [3.8, 4) is 0 Å². The highest BCUT2D eigenvalue weighted by Gasteiger charge is 2.50. The highest BCUT2D eigenvalue weighted by molar-refractivity contribution is 5.78. The number of fused-ring (bicyclic) bond motifs is 1. The van der Waals surface area contributed by atoms with Crippen LogP contribution in [-0.4, -0.2) is 24.8 Å². The summed E-state index contributed by atoms with van der Waals surface area (Å²) in [4.78, 5) is 12.8. The van der Waals surface area contributed by atoms with Gasteiger partial charge in [-0.15, -0.1) is 0 Å². The molecule has 0 radical (unpaired) electrons. The molecule has 0 aromatic carbocycles. The zero-order valence-corrected chi connectivity index (χ0v) is 13.9. The Morgan fingerprint density at radius 1 is 1.20 bits per heavy atom. The zero-order chi connectivity index (χ0) is 15.1. The molecule has 1 heterocycles. The third-order valence-corrected chi connectivity index (χ3v) is 5.85. The lowest BCUT2D eigenvalue weighted by Crippen LogP contribution is -2.47. The van der Waals surface area contributed by atoms with Crippen molar-refractivity contribution in [1.29, 1.82) is 0 Å². The monoisotopic (exact) mass is 282 g/mol. The quantitative estimate of drug-likeness (QED) is 0.738. The minimum absolute atomic E-state index is 0.0320. The van der Waals surface area contributed by atoms with Crippen molar-refractivity contribution in [2.75, 3.05) is 6.61 Å². The van der Waals surface area contributed by atoms with E-state index in [9.17, 15) is 4.79 Å². The molecule has 2 aliphatic rings. The number of esters is 1. The van der Waals surface area contributed by atoms with E-state index in [4.69, 9.17) is 9.47 Å². The molecule has 0 spiro atoms. The number of rotatable bonds is 3. The van der Waals surface area contributed by atoms with E-state index in [0.717, 1.165) is 12.8 Å². The second-order valence-corrected chi connectivity index (χ2v) is 8.02. The minimum atomic E-state index is -0.469. The normalized spacial score (nSPS) is 33.0. The first-order valence-corrected chi connectivity index (χ1v) is 8.00. The Morgan fingerprint density at radius 2 is 1.85 bits per heavy atom. The van der Waals surface area contributed by atoms with E-state index in [-0.39, 0.29) is 23.4 Å². The third-order valence-electron chi connectivity index (χ3n) is 5.85. The van der Waals surface area contributed by atoms with Crippen LogP contribution in [0.3, 0.4) is 0 Å². The molecule has 3 heteroatoms. The summed E-state index contributed by atoms with van der Waals surface area (Å²) in [5, 5.41) is 0. The maximum absolute atomic E-state index is 12.8. The van der Waals surface area contributed by atoms with Gasteiger partial charge in [0.15, 0.2) is 0 Å². The van der Waals surface area contributed by atoms with E-state index < -0.39 is 5.41 Å². The summed E-state index contributed by atoms with van der Waals surface area (Å²) in [6, 6.07) is 0. The molecule has 0 aromatic heterocycles. The Hall–Kier alpha value is -0.570. The summed E-state index contributed by atoms with van der Waals surface area (Å²) < 4.78 is 11.7. The lowest BCUT2D eigenvalue weighted by Gasteiger charge is -2.43. The lowest BCUT2D eigenvalue weighted by atomic mass is 9.62. The molecule has 3 nitrogen and oxygen atoms in total. The van der Waals surface area contributed by atoms with Gasteiger partial charge >= 0.3 is 5.97 Å². The Bertz CT molecular complexity index is 369. The number of ether oxygens (including phenoxy) is 2. The molecule has 1 aliphatic heterocycles. The number of carbonyl (C=O) groups excluding carboxylic acids is 1. The molecule has 0 N–H and O–H groups in total. The Morgan fingerprint density at radius 3 is 2.40 bits per heavy atom. The molecule has 1 aliphatic carbocycles. The van der Waals surface area contributed by atoms with E-state index in [1.54, 1.807) is 0 Å². The van der Waals surface area contributed by atoms with Crippen LogP contribution in [0.25, 0.3) is 0 Å². The highest BCUT2D eigenvalue weighted by atomic mass is 16.6. The van der Waals surface area contributed by atoms with Crippen LogP contribution in [0.5, 0.6) is 0 Å². The molecule has 0 aromatic rings. The van der Waals surface area contributed by atoms with Crippen LogP contribution < -0.4 is 0 Å². The fourth-order valence-electron chi connectivity index (χ4n) is 3.72. The summed E-state index contributed by atoms with van der Waals surface area (Å²) in [7, 11) is 0. The van der Waals surface area contributed by atoms with Gasteiger partial charge in [-0.3, -0.25) is 4.79 Å². The van der Waals surface area contributed by atoms with Gasteiger partial charge in [-0.2, -0.15) is 0 Å². The molecule has 4 atom stereocenters. The average molecular weight is 282 g/mol. The van der Waals surface area contributed by atoms with Gasteiger partial charge < -0.3 is 9.47 Å². The summed E-state index contributed by atoms with van der Waals surface area (Å²) in [6.45, 7) is 13.2. The van der Waals surface area contributed by atoms with Crippen molar-refractivity contribution in [1.82, 2.24) is 0 Å². The Kier molecular flexibility index (Phi) is 4.21. The summed E-state index contributed by atoms with van der Waals surface area (Å²) in [5.41, 5.74) is -0.587. The second-order valence-electron chi connectivity index (χ2n) is 8.02. The van der Waals surface area contributed by atoms with Crippen molar-refractivity contribution in [3.63, 3.8) is 0 Å². The van der Waals surface area contributed by atoms with Crippen molar-refractivity contribution < 1.29 is 14.3 Å². The topological polar surface area (TPSA) is 35.5 Å². The van der Waals surface area contributed by atoms with Gasteiger partial charge in [0.1, 0.15) is 6.10 Å². The largest absolute Gasteiger partial charge is 0.459 e. The SMILES string of the molecule is CC(C)C(C)(C(=O)OC1COC2CCCC21)C(C)(C)C. The molecule has 0 bridgehead atoms. The predicted molar refractivity (Wildman–Crippen MR) is 79.4 cm³/mol. The van der Waals surface area contributed by atoms with Gasteiger partial charge in [0.2, 0.25) is 0 Å². The average Bonchev–Trinajstić information content (AvgIpc) is 2.90. The molecule has 2 rings (SSSR count). The first-order valence-electron chi connectivity index (χ1n) is 8.00. The summed E-state index contributed by atoms with van der Waals surface area (Å²) in [6.07, 6.45) is 3.75. The number of hydrogen-bond acceptors (Lipinski definition) is 3. The predicted octanol–water partition coefficient (Wildman–Crippen LogP) is 3.81. The fraction of sp³-hybridized carbons (Fsp3) is 0.941. The molecule has 1 saturated carbocycles. The van der Waals surface area contributed by atoms with Crippen molar-refractivity contribution >= 4 is 5.97 Å². The molecule has 4 unspecified atom stereocenters. The van der Waals surface area contributed by atoms with Crippen LogP contribution in [-0.2, 0) is 14.3 Å². The van der Waals surface area contributed by atoms with Crippen LogP contribution in [0.15, 0.2) is 0 Å². The van der Waals surface area contributed by atoms with Gasteiger partial charge in [0.05, 0.1) is 18.1 Å². The first kappa shape index (κ1) is 15.8. The molecule has 0 amide bonds. The van der Waals surface area contributed by atoms with E-state index in [2.05, 4.69) is 34.6 Å². The van der Waals surface area contributed by atoms with Crippen LogP contribution in [0, 0.1) is 22.7 Å². The molecule has 20 heavy (non-hydrogen) atoms. The molecular formula is C17H30O3. The maximum atomic E-state index is 12.8. The highest BCUT2D eigenvalue weighted by Crippen LogP contribution is 2.47.